The highest BCUT2D eigenvalue weighted by Crippen LogP contribution is 2.29. The van der Waals surface area contributed by atoms with Crippen molar-refractivity contribution in [2.24, 2.45) is 17.6 Å². The predicted molar refractivity (Wildman–Crippen MR) is 174 cm³/mol. The molecule has 0 radical (unpaired) electrons. The van der Waals surface area contributed by atoms with Crippen LogP contribution >= 0.6 is 0 Å². The summed E-state index contributed by atoms with van der Waals surface area (Å²) in [6.07, 6.45) is 7.25. The third-order valence-corrected chi connectivity index (χ3v) is 8.74. The van der Waals surface area contributed by atoms with Gasteiger partial charge in [-0.3, -0.25) is 14.6 Å². The molecule has 240 valence electrons. The van der Waals surface area contributed by atoms with E-state index in [0.29, 0.717) is 55.1 Å². The van der Waals surface area contributed by atoms with Gasteiger partial charge in [-0.25, -0.2) is 19.9 Å². The third kappa shape index (κ3) is 7.66. The third-order valence-electron chi connectivity index (χ3n) is 8.74. The number of ether oxygens (including phenoxy) is 1. The Bertz CT molecular complexity index is 1670. The molecule has 46 heavy (non-hydrogen) atoms. The largest absolute Gasteiger partial charge is 0.378 e. The van der Waals surface area contributed by atoms with Crippen LogP contribution in [0.3, 0.4) is 0 Å². The van der Waals surface area contributed by atoms with Gasteiger partial charge in [-0.05, 0) is 73.5 Å². The number of hydrogen-bond donors (Lipinski definition) is 5. The SMILES string of the molecule is NCC1CCC(C(=O)N[C@@H](Cc2cccc(-c3cnc(N4CCOCC4)nc3)c2)C(=O)Nc2ccc(-c3n[nH]c(=O)[nH]3)cc2)CC1. The number of nitrogens with zero attached hydrogens (tertiary/aromatic N) is 4. The average Bonchev–Trinajstić information content (AvgIpc) is 3.55. The van der Waals surface area contributed by atoms with Crippen LogP contribution in [0.1, 0.15) is 31.2 Å². The molecule has 13 nitrogen and oxygen atoms in total. The van der Waals surface area contributed by atoms with Crippen molar-refractivity contribution < 1.29 is 14.3 Å². The van der Waals surface area contributed by atoms with Crippen LogP contribution in [-0.2, 0) is 20.7 Å². The summed E-state index contributed by atoms with van der Waals surface area (Å²) >= 11 is 0. The fourth-order valence-corrected chi connectivity index (χ4v) is 6.02. The molecule has 13 heteroatoms. The van der Waals surface area contributed by atoms with E-state index in [2.05, 4.69) is 40.7 Å². The van der Waals surface area contributed by atoms with Crippen molar-refractivity contribution in [3.05, 3.63) is 77.0 Å². The van der Waals surface area contributed by atoms with Gasteiger partial charge in [0.1, 0.15) is 6.04 Å². The number of aromatic amines is 2. The van der Waals surface area contributed by atoms with Gasteiger partial charge in [0.05, 0.1) is 13.2 Å². The number of amides is 2. The van der Waals surface area contributed by atoms with Crippen LogP contribution in [0.2, 0.25) is 0 Å². The van der Waals surface area contributed by atoms with Gasteiger partial charge in [-0.2, -0.15) is 5.10 Å². The second-order valence-corrected chi connectivity index (χ2v) is 11.9. The number of carbonyl (C=O) groups excluding carboxylic acids is 2. The second-order valence-electron chi connectivity index (χ2n) is 11.9. The van der Waals surface area contributed by atoms with E-state index in [-0.39, 0.29) is 17.7 Å². The maximum atomic E-state index is 13.7. The summed E-state index contributed by atoms with van der Waals surface area (Å²) in [4.78, 5) is 52.4. The van der Waals surface area contributed by atoms with Crippen LogP contribution in [0.15, 0.2) is 65.7 Å². The summed E-state index contributed by atoms with van der Waals surface area (Å²) in [5.41, 5.74) is 9.37. The van der Waals surface area contributed by atoms with E-state index in [4.69, 9.17) is 10.5 Å². The Labute approximate surface area is 266 Å². The lowest BCUT2D eigenvalue weighted by Crippen LogP contribution is -2.48. The molecular weight excluding hydrogens is 586 g/mol. The highest BCUT2D eigenvalue weighted by atomic mass is 16.5. The molecule has 1 aliphatic carbocycles. The van der Waals surface area contributed by atoms with Crippen molar-refractivity contribution in [3.8, 4) is 22.5 Å². The Morgan fingerprint density at radius 2 is 1.72 bits per heavy atom. The van der Waals surface area contributed by atoms with Crippen LogP contribution in [0.5, 0.6) is 0 Å². The summed E-state index contributed by atoms with van der Waals surface area (Å²) in [5.74, 6) is 0.930. The molecule has 6 N–H and O–H groups in total. The Hall–Kier alpha value is -4.88. The predicted octanol–water partition coefficient (Wildman–Crippen LogP) is 2.49. The molecule has 0 spiro atoms. The van der Waals surface area contributed by atoms with Crippen LogP contribution < -0.4 is 27.0 Å². The highest BCUT2D eigenvalue weighted by Gasteiger charge is 2.29. The number of rotatable bonds is 10. The minimum atomic E-state index is -0.808. The molecule has 1 atom stereocenters. The second kappa shape index (κ2) is 14.5. The van der Waals surface area contributed by atoms with E-state index in [9.17, 15) is 14.4 Å². The highest BCUT2D eigenvalue weighted by molar-refractivity contribution is 5.97. The lowest BCUT2D eigenvalue weighted by molar-refractivity contribution is -0.130. The molecule has 1 saturated heterocycles. The number of carbonyl (C=O) groups is 2. The first-order valence-electron chi connectivity index (χ1n) is 15.8. The molecule has 2 fully saturated rings. The van der Waals surface area contributed by atoms with E-state index in [1.54, 1.807) is 24.3 Å². The Morgan fingerprint density at radius 1 is 0.978 bits per heavy atom. The molecule has 1 aliphatic heterocycles. The van der Waals surface area contributed by atoms with Crippen LogP contribution in [0, 0.1) is 11.8 Å². The fourth-order valence-electron chi connectivity index (χ4n) is 6.02. The van der Waals surface area contributed by atoms with Crippen molar-refractivity contribution >= 4 is 23.5 Å². The molecule has 2 aromatic carbocycles. The standard InChI is InChI=1S/C33H39N9O4/c34-18-21-4-6-24(7-5-21)30(43)38-28(31(44)37-27-10-8-23(9-11-27)29-39-33(45)41-40-29)17-22-2-1-3-25(16-22)26-19-35-32(36-20-26)42-12-14-46-15-13-42/h1-3,8-11,16,19-21,24,28H,4-7,12-15,17-18,34H2,(H,37,44)(H,38,43)(H2,39,40,41,45)/t21?,24?,28-/m0/s1. The van der Waals surface area contributed by atoms with Crippen LogP contribution in [0.25, 0.3) is 22.5 Å². The van der Waals surface area contributed by atoms with Gasteiger partial charge in [0.2, 0.25) is 17.8 Å². The monoisotopic (exact) mass is 625 g/mol. The zero-order chi connectivity index (χ0) is 31.9. The van der Waals surface area contributed by atoms with Gasteiger partial charge in [0, 0.05) is 54.6 Å². The molecule has 0 bridgehead atoms. The number of aromatic nitrogens is 5. The fraction of sp³-hybridized carbons (Fsp3) is 0.394. The number of nitrogens with two attached hydrogens (primary N) is 1. The van der Waals surface area contributed by atoms with E-state index in [0.717, 1.165) is 55.5 Å². The summed E-state index contributed by atoms with van der Waals surface area (Å²) in [7, 11) is 0. The van der Waals surface area contributed by atoms with Crippen LogP contribution in [0.4, 0.5) is 11.6 Å². The molecule has 0 unspecified atom stereocenters. The summed E-state index contributed by atoms with van der Waals surface area (Å²) in [6, 6.07) is 14.0. The Balaban J connectivity index is 1.17. The normalized spacial score (nSPS) is 18.9. The van der Waals surface area contributed by atoms with Gasteiger partial charge >= 0.3 is 5.69 Å². The number of morpholine rings is 1. The van der Waals surface area contributed by atoms with Gasteiger partial charge in [0.25, 0.3) is 0 Å². The lowest BCUT2D eigenvalue weighted by Gasteiger charge is -2.28. The van der Waals surface area contributed by atoms with Gasteiger partial charge in [-0.1, -0.05) is 24.3 Å². The van der Waals surface area contributed by atoms with E-state index < -0.39 is 11.7 Å². The van der Waals surface area contributed by atoms with E-state index >= 15 is 0 Å². The number of H-pyrrole nitrogens is 2. The maximum absolute atomic E-state index is 13.7. The molecule has 2 amide bonds. The maximum Gasteiger partial charge on any atom is 0.340 e. The molecule has 2 aliphatic rings. The van der Waals surface area contributed by atoms with E-state index in [1.807, 2.05) is 36.7 Å². The zero-order valence-electron chi connectivity index (χ0n) is 25.6. The first-order chi connectivity index (χ1) is 22.4. The first kappa shape index (κ1) is 31.1. The average molecular weight is 626 g/mol. The molecule has 6 rings (SSSR count). The topological polar surface area (TPSA) is 184 Å². The van der Waals surface area contributed by atoms with Crippen molar-refractivity contribution in [1.29, 1.82) is 0 Å². The summed E-state index contributed by atoms with van der Waals surface area (Å²) < 4.78 is 5.43. The van der Waals surface area contributed by atoms with Gasteiger partial charge in [-0.15, -0.1) is 0 Å². The van der Waals surface area contributed by atoms with Crippen LogP contribution in [-0.4, -0.2) is 75.9 Å². The zero-order valence-corrected chi connectivity index (χ0v) is 25.6. The van der Waals surface area contributed by atoms with Crippen molar-refractivity contribution in [2.45, 2.75) is 38.1 Å². The van der Waals surface area contributed by atoms with Crippen molar-refractivity contribution in [2.75, 3.05) is 43.1 Å². The molecule has 3 heterocycles. The summed E-state index contributed by atoms with van der Waals surface area (Å²) in [5, 5.41) is 12.3. The Kier molecular flexibility index (Phi) is 9.79. The van der Waals surface area contributed by atoms with Gasteiger partial charge < -0.3 is 26.0 Å². The number of nitrogens with one attached hydrogen (secondary N) is 4. The Morgan fingerprint density at radius 3 is 2.39 bits per heavy atom. The van der Waals surface area contributed by atoms with E-state index in [1.165, 1.54) is 0 Å². The number of hydrogen-bond acceptors (Lipinski definition) is 9. The molecular formula is C33H39N9O4. The minimum absolute atomic E-state index is 0.114. The molecule has 2 aromatic heterocycles. The van der Waals surface area contributed by atoms with Crippen molar-refractivity contribution in [1.82, 2.24) is 30.5 Å². The quantitative estimate of drug-likeness (QED) is 0.177. The van der Waals surface area contributed by atoms with Crippen molar-refractivity contribution in [3.63, 3.8) is 0 Å². The molecule has 1 saturated carbocycles. The number of anilines is 2. The lowest BCUT2D eigenvalue weighted by atomic mass is 9.81. The first-order valence-corrected chi connectivity index (χ1v) is 15.8. The molecule has 4 aromatic rings. The van der Waals surface area contributed by atoms with Gasteiger partial charge in [0.15, 0.2) is 5.82 Å². The smallest absolute Gasteiger partial charge is 0.340 e. The summed E-state index contributed by atoms with van der Waals surface area (Å²) in [6.45, 7) is 3.46. The number of benzene rings is 2. The minimum Gasteiger partial charge on any atom is -0.378 e.